The van der Waals surface area contributed by atoms with Crippen molar-refractivity contribution in [3.8, 4) is 17.2 Å². The number of anilines is 1. The summed E-state index contributed by atoms with van der Waals surface area (Å²) in [6, 6.07) is 3.37. The van der Waals surface area contributed by atoms with E-state index in [0.717, 1.165) is 12.8 Å². The van der Waals surface area contributed by atoms with Gasteiger partial charge in [0.05, 0.1) is 27.9 Å². The third-order valence-electron chi connectivity index (χ3n) is 5.83. The van der Waals surface area contributed by atoms with Crippen LogP contribution in [0.25, 0.3) is 0 Å². The number of benzene rings is 1. The molecule has 0 unspecified atom stereocenters. The molecule has 1 N–H and O–H groups in total. The molecular formula is C28H47NO5. The van der Waals surface area contributed by atoms with Crippen LogP contribution in [0.15, 0.2) is 24.3 Å². The Kier molecular flexibility index (Phi) is 17.5. The van der Waals surface area contributed by atoms with E-state index in [1.165, 1.54) is 91.3 Å². The maximum absolute atomic E-state index is 12.2. The van der Waals surface area contributed by atoms with E-state index in [0.29, 0.717) is 29.5 Å². The first-order chi connectivity index (χ1) is 16.7. The van der Waals surface area contributed by atoms with Crippen LogP contribution in [0.2, 0.25) is 0 Å². The number of nitrogens with one attached hydrogen (secondary N) is 1. The van der Waals surface area contributed by atoms with Crippen molar-refractivity contribution in [3.63, 3.8) is 0 Å². The van der Waals surface area contributed by atoms with Gasteiger partial charge >= 0.3 is 6.09 Å². The molecule has 6 heteroatoms. The summed E-state index contributed by atoms with van der Waals surface area (Å²) in [5, 5.41) is 2.71. The van der Waals surface area contributed by atoms with Gasteiger partial charge in [0.2, 0.25) is 0 Å². The minimum absolute atomic E-state index is 0.397. The van der Waals surface area contributed by atoms with Crippen molar-refractivity contribution in [2.45, 2.75) is 96.8 Å². The SMILES string of the molecule is CCCCCCCC/C=C\CCCCCCCCOC(=O)Nc1c(OC)cc(OC)cc1OC. The van der Waals surface area contributed by atoms with Gasteiger partial charge in [0.1, 0.15) is 22.9 Å². The fourth-order valence-corrected chi connectivity index (χ4v) is 3.78. The number of carbonyl (C=O) groups excluding carboxylic acids is 1. The van der Waals surface area contributed by atoms with Gasteiger partial charge in [-0.1, -0.05) is 76.9 Å². The van der Waals surface area contributed by atoms with E-state index < -0.39 is 6.09 Å². The number of allylic oxidation sites excluding steroid dienone is 2. The largest absolute Gasteiger partial charge is 0.496 e. The lowest BCUT2D eigenvalue weighted by Crippen LogP contribution is -2.15. The molecule has 0 fully saturated rings. The van der Waals surface area contributed by atoms with Crippen LogP contribution in [0.4, 0.5) is 10.5 Å². The van der Waals surface area contributed by atoms with E-state index >= 15 is 0 Å². The van der Waals surface area contributed by atoms with E-state index in [9.17, 15) is 4.79 Å². The summed E-state index contributed by atoms with van der Waals surface area (Å²) in [6.07, 6.45) is 21.7. The van der Waals surface area contributed by atoms with Gasteiger partial charge in [-0.25, -0.2) is 4.79 Å². The zero-order chi connectivity index (χ0) is 24.9. The normalized spacial score (nSPS) is 10.9. The number of hydrogen-bond acceptors (Lipinski definition) is 5. The van der Waals surface area contributed by atoms with E-state index in [2.05, 4.69) is 24.4 Å². The van der Waals surface area contributed by atoms with Gasteiger partial charge in [-0.15, -0.1) is 0 Å². The predicted molar refractivity (Wildman–Crippen MR) is 141 cm³/mol. The minimum Gasteiger partial charge on any atom is -0.496 e. The molecule has 0 saturated carbocycles. The lowest BCUT2D eigenvalue weighted by atomic mass is 10.1. The molecule has 1 aromatic carbocycles. The van der Waals surface area contributed by atoms with Crippen molar-refractivity contribution in [1.29, 1.82) is 0 Å². The maximum Gasteiger partial charge on any atom is 0.411 e. The molecule has 0 saturated heterocycles. The molecule has 0 radical (unpaired) electrons. The first-order valence-electron chi connectivity index (χ1n) is 13.0. The van der Waals surface area contributed by atoms with Crippen LogP contribution in [-0.4, -0.2) is 34.0 Å². The van der Waals surface area contributed by atoms with Gasteiger partial charge in [-0.2, -0.15) is 0 Å². The van der Waals surface area contributed by atoms with E-state index in [-0.39, 0.29) is 0 Å². The molecule has 0 heterocycles. The zero-order valence-electron chi connectivity index (χ0n) is 22.0. The highest BCUT2D eigenvalue weighted by atomic mass is 16.5. The molecule has 0 aliphatic heterocycles. The number of amides is 1. The zero-order valence-corrected chi connectivity index (χ0v) is 22.0. The summed E-state index contributed by atoms with van der Waals surface area (Å²) in [4.78, 5) is 12.2. The molecule has 1 rings (SSSR count). The highest BCUT2D eigenvalue weighted by molar-refractivity contribution is 5.89. The first kappa shape index (κ1) is 29.7. The van der Waals surface area contributed by atoms with E-state index in [1.807, 2.05) is 0 Å². The van der Waals surface area contributed by atoms with Crippen LogP contribution < -0.4 is 19.5 Å². The van der Waals surface area contributed by atoms with Gasteiger partial charge in [-0.3, -0.25) is 5.32 Å². The Balaban J connectivity index is 2.06. The molecule has 0 aliphatic rings. The summed E-state index contributed by atoms with van der Waals surface area (Å²) in [7, 11) is 4.61. The number of methoxy groups -OCH3 is 3. The number of ether oxygens (including phenoxy) is 4. The Morgan fingerprint density at radius 2 is 1.24 bits per heavy atom. The molecule has 0 bridgehead atoms. The van der Waals surface area contributed by atoms with Crippen molar-refractivity contribution >= 4 is 11.8 Å². The summed E-state index contributed by atoms with van der Waals surface area (Å²) in [5.74, 6) is 1.48. The summed E-state index contributed by atoms with van der Waals surface area (Å²) in [5.41, 5.74) is 0.428. The molecule has 1 aromatic rings. The van der Waals surface area contributed by atoms with E-state index in [1.54, 1.807) is 19.2 Å². The van der Waals surface area contributed by atoms with Crippen LogP contribution >= 0.6 is 0 Å². The van der Waals surface area contributed by atoms with Crippen molar-refractivity contribution in [2.75, 3.05) is 33.3 Å². The third-order valence-corrected chi connectivity index (χ3v) is 5.83. The first-order valence-corrected chi connectivity index (χ1v) is 13.0. The summed E-state index contributed by atoms with van der Waals surface area (Å²) < 4.78 is 21.2. The molecular weight excluding hydrogens is 430 g/mol. The number of rotatable bonds is 20. The molecule has 0 atom stereocenters. The minimum atomic E-state index is -0.519. The fraction of sp³-hybridized carbons (Fsp3) is 0.679. The second-order valence-corrected chi connectivity index (χ2v) is 8.61. The van der Waals surface area contributed by atoms with Crippen LogP contribution in [0, 0.1) is 0 Å². The smallest absolute Gasteiger partial charge is 0.411 e. The van der Waals surface area contributed by atoms with Gasteiger partial charge in [0.15, 0.2) is 0 Å². The molecule has 6 nitrogen and oxygen atoms in total. The van der Waals surface area contributed by atoms with Crippen LogP contribution in [0.3, 0.4) is 0 Å². The second-order valence-electron chi connectivity index (χ2n) is 8.61. The van der Waals surface area contributed by atoms with Crippen LogP contribution in [0.1, 0.15) is 96.8 Å². The molecule has 34 heavy (non-hydrogen) atoms. The average molecular weight is 478 g/mol. The molecule has 0 aliphatic carbocycles. The Hall–Kier alpha value is -2.37. The van der Waals surface area contributed by atoms with Crippen molar-refractivity contribution in [2.24, 2.45) is 0 Å². The Morgan fingerprint density at radius 1 is 0.735 bits per heavy atom. The number of hydrogen-bond donors (Lipinski definition) is 1. The Labute approximate surface area is 207 Å². The molecule has 0 spiro atoms. The summed E-state index contributed by atoms with van der Waals surface area (Å²) in [6.45, 7) is 2.66. The fourth-order valence-electron chi connectivity index (χ4n) is 3.78. The molecule has 0 aromatic heterocycles. The lowest BCUT2D eigenvalue weighted by molar-refractivity contribution is 0.159. The average Bonchev–Trinajstić information content (AvgIpc) is 2.85. The predicted octanol–water partition coefficient (Wildman–Crippen LogP) is 8.30. The molecule has 1 amide bonds. The lowest BCUT2D eigenvalue weighted by Gasteiger charge is -2.15. The van der Waals surface area contributed by atoms with Gasteiger partial charge < -0.3 is 18.9 Å². The van der Waals surface area contributed by atoms with E-state index in [4.69, 9.17) is 18.9 Å². The maximum atomic E-state index is 12.2. The van der Waals surface area contributed by atoms with Crippen LogP contribution in [-0.2, 0) is 4.74 Å². The Morgan fingerprint density at radius 3 is 1.74 bits per heavy atom. The third kappa shape index (κ3) is 13.4. The number of unbranched alkanes of at least 4 members (excludes halogenated alkanes) is 12. The topological polar surface area (TPSA) is 66.0 Å². The van der Waals surface area contributed by atoms with Crippen LogP contribution in [0.5, 0.6) is 17.2 Å². The van der Waals surface area contributed by atoms with Crippen molar-refractivity contribution in [1.82, 2.24) is 0 Å². The highest BCUT2D eigenvalue weighted by Gasteiger charge is 2.16. The highest BCUT2D eigenvalue weighted by Crippen LogP contribution is 2.38. The van der Waals surface area contributed by atoms with Gasteiger partial charge in [0.25, 0.3) is 0 Å². The number of carbonyl (C=O) groups is 1. The second kappa shape index (κ2) is 20.0. The van der Waals surface area contributed by atoms with Crippen molar-refractivity contribution < 1.29 is 23.7 Å². The van der Waals surface area contributed by atoms with Gasteiger partial charge in [0, 0.05) is 12.1 Å². The van der Waals surface area contributed by atoms with Crippen molar-refractivity contribution in [3.05, 3.63) is 24.3 Å². The molecule has 194 valence electrons. The Bertz CT molecular complexity index is 664. The summed E-state index contributed by atoms with van der Waals surface area (Å²) >= 11 is 0. The monoisotopic (exact) mass is 477 g/mol. The standard InChI is InChI=1S/C28H47NO5/c1-5-6-7-8-9-10-11-12-13-14-15-16-17-18-19-20-21-34-28(30)29-27-25(32-3)22-24(31-2)23-26(27)33-4/h12-13,22-23H,5-11,14-21H2,1-4H3,(H,29,30)/b13-12-. The van der Waals surface area contributed by atoms with Gasteiger partial charge in [-0.05, 0) is 32.1 Å². The quantitative estimate of drug-likeness (QED) is 0.151.